The molecule has 7 saturated heterocycles. The summed E-state index contributed by atoms with van der Waals surface area (Å²) < 4.78 is 220. The van der Waals surface area contributed by atoms with E-state index in [1.54, 1.807) is 49.8 Å². The lowest BCUT2D eigenvalue weighted by atomic mass is 9.90. The van der Waals surface area contributed by atoms with Gasteiger partial charge in [0.15, 0.2) is 44.0 Å². The van der Waals surface area contributed by atoms with Crippen molar-refractivity contribution < 1.29 is 166 Å². The van der Waals surface area contributed by atoms with E-state index in [9.17, 15) is 0 Å². The van der Waals surface area contributed by atoms with Gasteiger partial charge < -0.3 is 166 Å². The molecule has 7 aliphatic heterocycles. The van der Waals surface area contributed by atoms with Crippen LogP contribution in [0.3, 0.4) is 0 Å². The van der Waals surface area contributed by atoms with E-state index in [0.29, 0.717) is 0 Å². The molecular weight excluding hydrogens is 1340 g/mol. The van der Waals surface area contributed by atoms with Gasteiger partial charge in [-0.3, -0.25) is 0 Å². The van der Waals surface area contributed by atoms with Crippen LogP contribution in [0.15, 0.2) is 0 Å². The summed E-state index contributed by atoms with van der Waals surface area (Å²) in [7, 11) is 33.7. The van der Waals surface area contributed by atoms with Gasteiger partial charge in [-0.25, -0.2) is 0 Å². The molecule has 0 saturated carbocycles. The molecule has 34 unspecified atom stereocenters. The van der Waals surface area contributed by atoms with Gasteiger partial charge in [-0.15, -0.1) is 0 Å². The van der Waals surface area contributed by atoms with Gasteiger partial charge in [-0.05, 0) is 0 Å². The van der Waals surface area contributed by atoms with Crippen molar-refractivity contribution in [2.24, 2.45) is 5.92 Å². The second-order valence-electron chi connectivity index (χ2n) is 25.0. The lowest BCUT2D eigenvalue weighted by Crippen LogP contribution is -2.69. The van der Waals surface area contributed by atoms with Gasteiger partial charge in [-0.1, -0.05) is 6.92 Å². The van der Waals surface area contributed by atoms with E-state index in [1.165, 1.54) is 107 Å². The Kier molecular flexibility index (Phi) is 36.9. The Hall–Kier alpha value is -1.40. The first kappa shape index (κ1) is 85.8. The molecule has 100 heavy (non-hydrogen) atoms. The predicted molar refractivity (Wildman–Crippen MR) is 340 cm³/mol. The smallest absolute Gasteiger partial charge is 0.187 e. The fourth-order valence-corrected chi connectivity index (χ4v) is 14.9. The third kappa shape index (κ3) is 19.4. The molecule has 0 radical (unpaired) electrons. The average Bonchev–Trinajstić information content (AvgIpc) is 0.765. The van der Waals surface area contributed by atoms with Crippen LogP contribution in [0.5, 0.6) is 0 Å². The zero-order chi connectivity index (χ0) is 72.9. The molecule has 0 amide bonds. The summed E-state index contributed by atoms with van der Waals surface area (Å²) in [5, 5.41) is 0. The Balaban J connectivity index is 1.10. The van der Waals surface area contributed by atoms with Crippen LogP contribution >= 0.6 is 0 Å². The first-order chi connectivity index (χ1) is 48.6. The minimum absolute atomic E-state index is 0.00469. The zero-order valence-electron chi connectivity index (χ0n) is 62.4. The van der Waals surface area contributed by atoms with Crippen LogP contribution in [0, 0.1) is 5.92 Å². The summed E-state index contributed by atoms with van der Waals surface area (Å²) in [5.41, 5.74) is 0. The first-order valence-corrected chi connectivity index (χ1v) is 33.4. The van der Waals surface area contributed by atoms with E-state index in [4.69, 9.17) is 166 Å². The lowest BCUT2D eigenvalue weighted by molar-refractivity contribution is -0.403. The van der Waals surface area contributed by atoms with Gasteiger partial charge in [0.2, 0.25) is 0 Å². The van der Waals surface area contributed by atoms with Gasteiger partial charge in [-0.2, -0.15) is 0 Å². The van der Waals surface area contributed by atoms with Gasteiger partial charge in [0.1, 0.15) is 153 Å². The van der Waals surface area contributed by atoms with Crippen LogP contribution in [-0.4, -0.2) is 412 Å². The fraction of sp³-hybridized carbons (Fsp3) is 1.00. The van der Waals surface area contributed by atoms with Crippen molar-refractivity contribution in [3.05, 3.63) is 0 Å². The number of rotatable bonds is 41. The number of methoxy groups -OCH3 is 22. The van der Waals surface area contributed by atoms with Crippen molar-refractivity contribution in [3.8, 4) is 0 Å². The summed E-state index contributed by atoms with van der Waals surface area (Å²) in [6, 6.07) is 0. The molecule has 588 valence electrons. The molecule has 7 aliphatic rings. The Bertz CT molecular complexity index is 2210. The van der Waals surface area contributed by atoms with Gasteiger partial charge in [0.25, 0.3) is 0 Å². The molecular formula is C65H118O35. The Morgan fingerprint density at radius 1 is 0.160 bits per heavy atom. The van der Waals surface area contributed by atoms with Crippen molar-refractivity contribution in [2.75, 3.05) is 203 Å². The number of hydrogen-bond acceptors (Lipinski definition) is 35. The standard InChI is InChI=1S/C65H118O35/c1-31-32(24-66-2)88-60(52(80-16)39(31)73-9)95-41-34(26-68-4)90-62(54(82-18)47(41)75-11)97-43-36(28-70-6)92-64(56(84-20)49(43)77-13)99-45-38(30-72-8)94-65(58(86-22)51(45)79-15)100-44-37(29-71-7)93-63(57(85-21)50(44)78-14)98-42-35(27-69-5)91-61(55(83-19)48(42)76-12)96-40-33(25-67-3)89-59(87-23)53(81-17)46(40)74-10/h31-65H,24-30H2,1-23H3/t31-,32?,33?,34?,35?,36?,37?,38?,39?,40?,41?,42?,43?,44?,45?,46?,47?,48?,49?,50?,51?,52?,53?,54?,55?,56?,57?,58?,59?,60?,61?,62?,63?,64?,65?/m1/s1. The minimum Gasteiger partial charge on any atom is -0.382 e. The molecule has 35 nitrogen and oxygen atoms in total. The third-order valence-electron chi connectivity index (χ3n) is 19.7. The molecule has 7 fully saturated rings. The van der Waals surface area contributed by atoms with E-state index >= 15 is 0 Å². The third-order valence-corrected chi connectivity index (χ3v) is 19.7. The second kappa shape index (κ2) is 43.0. The largest absolute Gasteiger partial charge is 0.382 e. The van der Waals surface area contributed by atoms with E-state index < -0.39 is 209 Å². The van der Waals surface area contributed by atoms with Crippen LogP contribution in [0.1, 0.15) is 6.92 Å². The average molecular weight is 1460 g/mol. The van der Waals surface area contributed by atoms with Gasteiger partial charge >= 0.3 is 0 Å². The summed E-state index contributed by atoms with van der Waals surface area (Å²) in [6.07, 6.45) is -30.7. The van der Waals surface area contributed by atoms with Crippen molar-refractivity contribution in [3.63, 3.8) is 0 Å². The van der Waals surface area contributed by atoms with Gasteiger partial charge in [0, 0.05) is 162 Å². The SMILES string of the molecule is COCC1OC(OC)C(OC)C(OC)C1OC1OC(COC)C(OC2OC(COC)C(OC3OC(COC)C(OC4OC(COC)C(OC5OC(COC)C(OC6OC(COC)[C@@H](C)C(OC)C6OC)C(OC)C5OC)C(OC)C4OC)C(OC)C3OC)C(OC)C2OC)C(OC)C1OC. The Morgan fingerprint density at radius 3 is 0.480 bits per heavy atom. The van der Waals surface area contributed by atoms with Crippen LogP contribution in [0.25, 0.3) is 0 Å². The van der Waals surface area contributed by atoms with Crippen LogP contribution in [0.2, 0.25) is 0 Å². The summed E-state index contributed by atoms with van der Waals surface area (Å²) in [4.78, 5) is 0. The van der Waals surface area contributed by atoms with Crippen LogP contribution in [-0.2, 0) is 166 Å². The fourth-order valence-electron chi connectivity index (χ4n) is 14.9. The van der Waals surface area contributed by atoms with E-state index in [-0.39, 0.29) is 52.2 Å². The highest BCUT2D eigenvalue weighted by Crippen LogP contribution is 2.42. The Labute approximate surface area is 588 Å². The summed E-state index contributed by atoms with van der Waals surface area (Å²) >= 11 is 0. The zero-order valence-corrected chi connectivity index (χ0v) is 62.4. The van der Waals surface area contributed by atoms with Crippen LogP contribution in [0.4, 0.5) is 0 Å². The Morgan fingerprint density at radius 2 is 0.310 bits per heavy atom. The molecule has 0 aromatic carbocycles. The second-order valence-corrected chi connectivity index (χ2v) is 25.0. The maximum Gasteiger partial charge on any atom is 0.187 e. The summed E-state index contributed by atoms with van der Waals surface area (Å²) in [6.45, 7) is 2.36. The molecule has 0 N–H and O–H groups in total. The van der Waals surface area contributed by atoms with E-state index in [0.717, 1.165) is 0 Å². The quantitative estimate of drug-likeness (QED) is 0.0737. The van der Waals surface area contributed by atoms with Crippen molar-refractivity contribution in [1.82, 2.24) is 0 Å². The van der Waals surface area contributed by atoms with Crippen LogP contribution < -0.4 is 0 Å². The molecule has 35 heteroatoms. The highest BCUT2D eigenvalue weighted by atomic mass is 16.8. The molecule has 0 bridgehead atoms. The topological polar surface area (TPSA) is 323 Å². The summed E-state index contributed by atoms with van der Waals surface area (Å²) in [5.74, 6) is -0.107. The van der Waals surface area contributed by atoms with E-state index in [1.807, 2.05) is 6.92 Å². The molecule has 35 atom stereocenters. The predicted octanol–water partition coefficient (Wildman–Crippen LogP) is -0.611. The number of hydrogen-bond donors (Lipinski definition) is 0. The molecule has 0 spiro atoms. The molecule has 0 aromatic rings. The highest BCUT2D eigenvalue weighted by molar-refractivity contribution is 5.03. The maximum atomic E-state index is 7.04. The normalized spacial score (nSPS) is 44.4. The highest BCUT2D eigenvalue weighted by Gasteiger charge is 2.61. The first-order valence-electron chi connectivity index (χ1n) is 33.4. The van der Waals surface area contributed by atoms with Crippen molar-refractivity contribution in [1.29, 1.82) is 0 Å². The van der Waals surface area contributed by atoms with Crippen molar-refractivity contribution in [2.45, 2.75) is 216 Å². The van der Waals surface area contributed by atoms with E-state index in [2.05, 4.69) is 0 Å². The molecule has 0 aliphatic carbocycles. The lowest BCUT2D eigenvalue weighted by Gasteiger charge is -2.52. The number of ether oxygens (including phenoxy) is 35. The minimum atomic E-state index is -1.22. The van der Waals surface area contributed by atoms with Crippen molar-refractivity contribution >= 4 is 0 Å². The molecule has 7 rings (SSSR count). The molecule has 7 heterocycles. The molecule has 0 aromatic heterocycles. The van der Waals surface area contributed by atoms with Gasteiger partial charge in [0.05, 0.1) is 58.5 Å². The maximum absolute atomic E-state index is 7.04. The monoisotopic (exact) mass is 1460 g/mol.